The predicted octanol–water partition coefficient (Wildman–Crippen LogP) is 2.45. The molecule has 2 amide bonds. The molecule has 2 atom stereocenters. The second-order valence-corrected chi connectivity index (χ2v) is 7.47. The number of rotatable bonds is 6. The first-order valence-electron chi connectivity index (χ1n) is 9.47. The van der Waals surface area contributed by atoms with Crippen molar-refractivity contribution < 1.29 is 14.3 Å². The summed E-state index contributed by atoms with van der Waals surface area (Å²) in [6.07, 6.45) is 1.17. The van der Waals surface area contributed by atoms with Crippen molar-refractivity contribution in [3.63, 3.8) is 0 Å². The Hall–Kier alpha value is -3.33. The van der Waals surface area contributed by atoms with Crippen LogP contribution in [0.25, 0.3) is 0 Å². The van der Waals surface area contributed by atoms with Gasteiger partial charge in [-0.25, -0.2) is 9.80 Å². The van der Waals surface area contributed by atoms with Gasteiger partial charge in [-0.3, -0.25) is 0 Å². The van der Waals surface area contributed by atoms with Gasteiger partial charge in [-0.2, -0.15) is 5.10 Å². The lowest BCUT2D eigenvalue weighted by Crippen LogP contribution is -2.41. The van der Waals surface area contributed by atoms with Crippen molar-refractivity contribution in [3.05, 3.63) is 59.7 Å². The number of fused-ring (bicyclic) bond motifs is 1. The molecule has 8 nitrogen and oxygen atoms in total. The van der Waals surface area contributed by atoms with Crippen molar-refractivity contribution in [2.45, 2.75) is 18.9 Å². The largest absolute Gasteiger partial charge is 0.493 e. The van der Waals surface area contributed by atoms with Crippen LogP contribution in [0.15, 0.2) is 53.6 Å². The zero-order valence-electron chi connectivity index (χ0n) is 17.0. The average Bonchev–Trinajstić information content (AvgIpc) is 3.20. The summed E-state index contributed by atoms with van der Waals surface area (Å²) >= 11 is 5.40. The molecule has 30 heavy (non-hydrogen) atoms. The smallest absolute Gasteiger partial charge is 0.323 e. The summed E-state index contributed by atoms with van der Waals surface area (Å²) in [5.41, 5.74) is 1.90. The van der Waals surface area contributed by atoms with Crippen LogP contribution in [-0.4, -0.2) is 65.7 Å². The number of hydrogen-bond acceptors (Lipinski definition) is 5. The molecule has 2 saturated heterocycles. The number of urea groups is 1. The number of likely N-dealkylation sites (N-methyl/N-ethyl adjacent to an activating group) is 2. The number of amides is 2. The van der Waals surface area contributed by atoms with Gasteiger partial charge >= 0.3 is 6.03 Å². The maximum absolute atomic E-state index is 12.2. The van der Waals surface area contributed by atoms with Crippen molar-refractivity contribution >= 4 is 29.6 Å². The number of methoxy groups -OCH3 is 1. The number of nitrogens with one attached hydrogen (secondary N) is 1. The summed E-state index contributed by atoms with van der Waals surface area (Å²) < 4.78 is 11.4. The summed E-state index contributed by atoms with van der Waals surface area (Å²) in [4.78, 5) is 15.4. The first-order chi connectivity index (χ1) is 14.5. The second kappa shape index (κ2) is 8.19. The Morgan fingerprint density at radius 2 is 1.90 bits per heavy atom. The average molecular weight is 426 g/mol. The lowest BCUT2D eigenvalue weighted by Gasteiger charge is -2.23. The Labute approximate surface area is 180 Å². The van der Waals surface area contributed by atoms with Gasteiger partial charge in [0.2, 0.25) is 0 Å². The highest BCUT2D eigenvalue weighted by Crippen LogP contribution is 2.29. The van der Waals surface area contributed by atoms with Crippen LogP contribution in [0.2, 0.25) is 0 Å². The van der Waals surface area contributed by atoms with Gasteiger partial charge in [0.15, 0.2) is 22.8 Å². The highest BCUT2D eigenvalue weighted by atomic mass is 32.1. The van der Waals surface area contributed by atoms with Crippen molar-refractivity contribution in [1.82, 2.24) is 20.1 Å². The molecule has 2 aromatic rings. The molecular weight excluding hydrogens is 402 g/mol. The number of carbonyl (C=O) groups excluding carboxylic acids is 1. The summed E-state index contributed by atoms with van der Waals surface area (Å²) in [6.45, 7) is 0.454. The third kappa shape index (κ3) is 3.63. The number of ether oxygens (including phenoxy) is 2. The van der Waals surface area contributed by atoms with Gasteiger partial charge in [-0.1, -0.05) is 30.3 Å². The first-order valence-corrected chi connectivity index (χ1v) is 9.88. The minimum atomic E-state index is -0.290. The molecule has 9 heteroatoms. The molecule has 1 N–H and O–H groups in total. The molecule has 156 valence electrons. The van der Waals surface area contributed by atoms with E-state index in [1.807, 2.05) is 48.5 Å². The number of benzene rings is 2. The second-order valence-electron chi connectivity index (χ2n) is 7.09. The van der Waals surface area contributed by atoms with Crippen molar-refractivity contribution in [3.8, 4) is 11.5 Å². The molecule has 2 aromatic carbocycles. The fraction of sp³-hybridized carbons (Fsp3) is 0.286. The van der Waals surface area contributed by atoms with E-state index in [1.54, 1.807) is 42.2 Å². The van der Waals surface area contributed by atoms with E-state index in [0.29, 0.717) is 23.2 Å². The minimum Gasteiger partial charge on any atom is -0.493 e. The standard InChI is InChI=1S/C21H23N5O3S/c1-24-18-19(25(2)21(24)27)26(20(30)23-18)22-12-15-9-10-16(17(11-15)28-3)29-13-14-7-5-4-6-8-14/h4-12,18-19H,13H2,1-3H3,(H,23,30)/b22-12+. The highest BCUT2D eigenvalue weighted by molar-refractivity contribution is 7.80. The van der Waals surface area contributed by atoms with Gasteiger partial charge in [0.05, 0.1) is 13.3 Å². The molecule has 2 heterocycles. The molecule has 0 aromatic heterocycles. The van der Waals surface area contributed by atoms with Crippen molar-refractivity contribution in [2.24, 2.45) is 5.10 Å². The minimum absolute atomic E-state index is 0.0817. The number of carbonyl (C=O) groups is 1. The zero-order valence-corrected chi connectivity index (χ0v) is 17.8. The first kappa shape index (κ1) is 20.0. The van der Waals surface area contributed by atoms with E-state index >= 15 is 0 Å². The Kier molecular flexibility index (Phi) is 5.45. The lowest BCUT2D eigenvalue weighted by molar-refractivity contribution is 0.174. The molecule has 0 bridgehead atoms. The Morgan fingerprint density at radius 3 is 2.63 bits per heavy atom. The van der Waals surface area contributed by atoms with Gasteiger partial charge in [-0.15, -0.1) is 0 Å². The normalized spacial score (nSPS) is 20.7. The highest BCUT2D eigenvalue weighted by Gasteiger charge is 2.51. The quantitative estimate of drug-likeness (QED) is 0.566. The third-order valence-corrected chi connectivity index (χ3v) is 5.49. The number of thiocarbonyl (C=S) groups is 1. The topological polar surface area (TPSA) is 69.6 Å². The molecule has 2 unspecified atom stereocenters. The molecule has 2 fully saturated rings. The molecule has 0 aliphatic carbocycles. The maximum Gasteiger partial charge on any atom is 0.323 e. The van der Waals surface area contributed by atoms with Crippen molar-refractivity contribution in [1.29, 1.82) is 0 Å². The van der Waals surface area contributed by atoms with Crippen LogP contribution >= 0.6 is 12.2 Å². The van der Waals surface area contributed by atoms with Gasteiger partial charge in [-0.05, 0) is 41.5 Å². The molecule has 0 radical (unpaired) electrons. The maximum atomic E-state index is 12.2. The van der Waals surface area contributed by atoms with Crippen LogP contribution in [-0.2, 0) is 6.61 Å². The van der Waals surface area contributed by atoms with Crippen LogP contribution in [0, 0.1) is 0 Å². The van der Waals surface area contributed by atoms with Crippen LogP contribution in [0.1, 0.15) is 11.1 Å². The lowest BCUT2D eigenvalue weighted by atomic mass is 10.2. The fourth-order valence-corrected chi connectivity index (χ4v) is 3.82. The van der Waals surface area contributed by atoms with Crippen LogP contribution in [0.4, 0.5) is 4.79 Å². The van der Waals surface area contributed by atoms with E-state index in [4.69, 9.17) is 21.7 Å². The molecule has 4 rings (SSSR count). The number of hydrazone groups is 1. The Morgan fingerprint density at radius 1 is 1.13 bits per heavy atom. The fourth-order valence-electron chi connectivity index (χ4n) is 3.54. The zero-order chi connectivity index (χ0) is 21.3. The monoisotopic (exact) mass is 425 g/mol. The SMILES string of the molecule is COc1cc(/C=N/N2C(=S)NC3C2N(C)C(=O)N3C)ccc1OCc1ccccc1. The summed E-state index contributed by atoms with van der Waals surface area (Å²) in [5, 5.41) is 9.78. The van der Waals surface area contributed by atoms with Crippen LogP contribution < -0.4 is 14.8 Å². The summed E-state index contributed by atoms with van der Waals surface area (Å²) in [7, 11) is 5.08. The van der Waals surface area contributed by atoms with Crippen LogP contribution in [0.3, 0.4) is 0 Å². The van der Waals surface area contributed by atoms with Gasteiger partial charge in [0.25, 0.3) is 0 Å². The molecular formula is C21H23N5O3S. The van der Waals surface area contributed by atoms with E-state index in [1.165, 1.54) is 0 Å². The molecule has 0 spiro atoms. The molecule has 0 saturated carbocycles. The van der Waals surface area contributed by atoms with Gasteiger partial charge in [0, 0.05) is 14.1 Å². The molecule has 2 aliphatic heterocycles. The van der Waals surface area contributed by atoms with Crippen LogP contribution in [0.5, 0.6) is 11.5 Å². The summed E-state index contributed by atoms with van der Waals surface area (Å²) in [6, 6.07) is 15.5. The molecule has 2 aliphatic rings. The van der Waals surface area contributed by atoms with Gasteiger partial charge in [0.1, 0.15) is 12.8 Å². The third-order valence-electron chi connectivity index (χ3n) is 5.19. The Balaban J connectivity index is 1.48. The van der Waals surface area contributed by atoms with E-state index in [-0.39, 0.29) is 18.4 Å². The number of nitrogens with zero attached hydrogens (tertiary/aromatic N) is 4. The predicted molar refractivity (Wildman–Crippen MR) is 117 cm³/mol. The number of hydrogen-bond donors (Lipinski definition) is 1. The van der Waals surface area contributed by atoms with E-state index in [2.05, 4.69) is 10.4 Å². The van der Waals surface area contributed by atoms with E-state index in [0.717, 1.165) is 11.1 Å². The van der Waals surface area contributed by atoms with E-state index in [9.17, 15) is 4.79 Å². The van der Waals surface area contributed by atoms with E-state index < -0.39 is 0 Å². The van der Waals surface area contributed by atoms with Gasteiger partial charge < -0.3 is 24.6 Å². The Bertz CT molecular complexity index is 984. The van der Waals surface area contributed by atoms with Crippen molar-refractivity contribution in [2.75, 3.05) is 21.2 Å². The summed E-state index contributed by atoms with van der Waals surface area (Å²) in [5.74, 6) is 1.27.